The van der Waals surface area contributed by atoms with E-state index in [1.807, 2.05) is 13.0 Å². The Morgan fingerprint density at radius 2 is 2.16 bits per heavy atom. The predicted molar refractivity (Wildman–Crippen MR) is 99.1 cm³/mol. The maximum Gasteiger partial charge on any atom is 0.303 e. The molecule has 0 bridgehead atoms. The molecule has 1 aromatic rings. The molecule has 0 aromatic heterocycles. The van der Waals surface area contributed by atoms with Crippen molar-refractivity contribution < 1.29 is 14.7 Å². The molecule has 2 atom stereocenters. The van der Waals surface area contributed by atoms with E-state index in [4.69, 9.17) is 28.3 Å². The predicted octanol–water partition coefficient (Wildman–Crippen LogP) is 3.75. The van der Waals surface area contributed by atoms with Crippen LogP contribution in [-0.4, -0.2) is 41.5 Å². The number of amides is 1. The van der Waals surface area contributed by atoms with Gasteiger partial charge in [-0.1, -0.05) is 29.3 Å². The van der Waals surface area contributed by atoms with Crippen molar-refractivity contribution in [3.63, 3.8) is 0 Å². The van der Waals surface area contributed by atoms with E-state index >= 15 is 0 Å². The van der Waals surface area contributed by atoms with E-state index in [0.29, 0.717) is 28.9 Å². The van der Waals surface area contributed by atoms with Crippen molar-refractivity contribution in [1.29, 1.82) is 0 Å². The lowest BCUT2D eigenvalue weighted by atomic mass is 9.93. The van der Waals surface area contributed by atoms with E-state index in [-0.39, 0.29) is 18.4 Å². The van der Waals surface area contributed by atoms with Crippen molar-refractivity contribution in [3.05, 3.63) is 33.8 Å². The molecular weight excluding hydrogens is 363 g/mol. The summed E-state index contributed by atoms with van der Waals surface area (Å²) in [6.07, 6.45) is 2.89. The topological polar surface area (TPSA) is 69.6 Å². The summed E-state index contributed by atoms with van der Waals surface area (Å²) in [5.41, 5.74) is 0.831. The van der Waals surface area contributed by atoms with Crippen molar-refractivity contribution in [1.82, 2.24) is 10.2 Å². The first-order valence-electron chi connectivity index (χ1n) is 8.53. The highest BCUT2D eigenvalue weighted by atomic mass is 35.5. The molecule has 1 aliphatic heterocycles. The van der Waals surface area contributed by atoms with Crippen LogP contribution in [0.15, 0.2) is 18.2 Å². The first-order valence-corrected chi connectivity index (χ1v) is 9.29. The summed E-state index contributed by atoms with van der Waals surface area (Å²) in [4.78, 5) is 25.1. The van der Waals surface area contributed by atoms with E-state index in [1.165, 1.54) is 0 Å². The van der Waals surface area contributed by atoms with Crippen LogP contribution in [0, 0.1) is 5.92 Å². The second-order valence-corrected chi connectivity index (χ2v) is 7.47. The minimum Gasteiger partial charge on any atom is -0.481 e. The van der Waals surface area contributed by atoms with Crippen molar-refractivity contribution in [2.45, 2.75) is 38.6 Å². The van der Waals surface area contributed by atoms with Gasteiger partial charge in [-0.2, -0.15) is 0 Å². The molecule has 1 amide bonds. The lowest BCUT2D eigenvalue weighted by Gasteiger charge is -2.32. The van der Waals surface area contributed by atoms with E-state index in [1.54, 1.807) is 12.1 Å². The number of hydrogen-bond acceptors (Lipinski definition) is 3. The van der Waals surface area contributed by atoms with Gasteiger partial charge in [-0.15, -0.1) is 0 Å². The molecule has 2 N–H and O–H groups in total. The van der Waals surface area contributed by atoms with Crippen LogP contribution in [-0.2, 0) is 9.59 Å². The molecule has 1 saturated heterocycles. The first-order chi connectivity index (χ1) is 11.8. The fourth-order valence-electron chi connectivity index (χ4n) is 3.28. The summed E-state index contributed by atoms with van der Waals surface area (Å²) in [7, 11) is 0. The summed E-state index contributed by atoms with van der Waals surface area (Å²) in [5, 5.41) is 12.9. The van der Waals surface area contributed by atoms with Gasteiger partial charge in [0.25, 0.3) is 0 Å². The molecule has 0 aliphatic carbocycles. The average molecular weight is 387 g/mol. The second kappa shape index (κ2) is 9.41. The van der Waals surface area contributed by atoms with Gasteiger partial charge in [0.15, 0.2) is 0 Å². The third kappa shape index (κ3) is 6.49. The SMILES string of the molecule is CC(NC(=O)CN1CCCC(CCC(=O)O)C1)c1ccc(Cl)cc1Cl. The number of carboxylic acids is 1. The normalized spacial score (nSPS) is 19.4. The van der Waals surface area contributed by atoms with Gasteiger partial charge >= 0.3 is 5.97 Å². The van der Waals surface area contributed by atoms with Gasteiger partial charge in [0.2, 0.25) is 5.91 Å². The smallest absolute Gasteiger partial charge is 0.303 e. The van der Waals surface area contributed by atoms with Crippen LogP contribution in [0.5, 0.6) is 0 Å². The fraction of sp³-hybridized carbons (Fsp3) is 0.556. The average Bonchev–Trinajstić information content (AvgIpc) is 2.53. The minimum absolute atomic E-state index is 0.0580. The monoisotopic (exact) mass is 386 g/mol. The van der Waals surface area contributed by atoms with Crippen LogP contribution < -0.4 is 5.32 Å². The molecule has 1 aromatic carbocycles. The van der Waals surface area contributed by atoms with Crippen LogP contribution in [0.3, 0.4) is 0 Å². The van der Waals surface area contributed by atoms with Gasteiger partial charge in [0, 0.05) is 23.0 Å². The Morgan fingerprint density at radius 1 is 1.40 bits per heavy atom. The molecule has 138 valence electrons. The fourth-order valence-corrected chi connectivity index (χ4v) is 3.85. The quantitative estimate of drug-likeness (QED) is 0.748. The van der Waals surface area contributed by atoms with Crippen molar-refractivity contribution in [2.75, 3.05) is 19.6 Å². The first kappa shape index (κ1) is 20.0. The van der Waals surface area contributed by atoms with Gasteiger partial charge in [-0.05, 0) is 56.3 Å². The highest BCUT2D eigenvalue weighted by Gasteiger charge is 2.23. The highest BCUT2D eigenvalue weighted by Crippen LogP contribution is 2.26. The lowest BCUT2D eigenvalue weighted by molar-refractivity contribution is -0.137. The van der Waals surface area contributed by atoms with Gasteiger partial charge < -0.3 is 10.4 Å². The number of carboxylic acid groups (broad SMARTS) is 1. The number of likely N-dealkylation sites (tertiary alicyclic amines) is 1. The molecule has 0 saturated carbocycles. The maximum atomic E-state index is 12.3. The minimum atomic E-state index is -0.761. The molecular formula is C18H24Cl2N2O3. The summed E-state index contributed by atoms with van der Waals surface area (Å²) in [6.45, 7) is 3.85. The molecule has 1 fully saturated rings. The summed E-state index contributed by atoms with van der Waals surface area (Å²) in [6, 6.07) is 5.03. The molecule has 25 heavy (non-hydrogen) atoms. The number of halogens is 2. The Hall–Kier alpha value is -1.30. The number of rotatable bonds is 7. The molecule has 2 rings (SSSR count). The second-order valence-electron chi connectivity index (χ2n) is 6.63. The largest absolute Gasteiger partial charge is 0.481 e. The Bertz CT molecular complexity index is 624. The van der Waals surface area contributed by atoms with Gasteiger partial charge in [0.1, 0.15) is 0 Å². The molecule has 1 heterocycles. The molecule has 2 unspecified atom stereocenters. The van der Waals surface area contributed by atoms with E-state index in [9.17, 15) is 9.59 Å². The zero-order valence-corrected chi connectivity index (χ0v) is 15.8. The van der Waals surface area contributed by atoms with Crippen molar-refractivity contribution in [2.24, 2.45) is 5.92 Å². The van der Waals surface area contributed by atoms with Crippen LogP contribution in [0.2, 0.25) is 10.0 Å². The lowest BCUT2D eigenvalue weighted by Crippen LogP contribution is -2.43. The van der Waals surface area contributed by atoms with Crippen LogP contribution in [0.4, 0.5) is 0 Å². The number of carbonyl (C=O) groups is 2. The molecule has 5 nitrogen and oxygen atoms in total. The summed E-state index contributed by atoms with van der Waals surface area (Å²) >= 11 is 12.1. The van der Waals surface area contributed by atoms with E-state index in [0.717, 1.165) is 31.5 Å². The van der Waals surface area contributed by atoms with E-state index in [2.05, 4.69) is 10.2 Å². The number of aliphatic carboxylic acids is 1. The third-order valence-electron chi connectivity index (χ3n) is 4.54. The van der Waals surface area contributed by atoms with Gasteiger partial charge in [-0.3, -0.25) is 14.5 Å². The molecule has 0 spiro atoms. The Balaban J connectivity index is 1.83. The number of hydrogen-bond donors (Lipinski definition) is 2. The van der Waals surface area contributed by atoms with E-state index < -0.39 is 5.97 Å². The Labute approximate surface area is 158 Å². The van der Waals surface area contributed by atoms with Crippen LogP contribution in [0.25, 0.3) is 0 Å². The Kier molecular flexibility index (Phi) is 7.54. The summed E-state index contributed by atoms with van der Waals surface area (Å²) < 4.78 is 0. The third-order valence-corrected chi connectivity index (χ3v) is 5.11. The number of nitrogens with zero attached hydrogens (tertiary/aromatic N) is 1. The highest BCUT2D eigenvalue weighted by molar-refractivity contribution is 6.35. The molecule has 0 radical (unpaired) electrons. The zero-order chi connectivity index (χ0) is 18.4. The number of nitrogens with one attached hydrogen (secondary N) is 1. The number of piperidine rings is 1. The van der Waals surface area contributed by atoms with Gasteiger partial charge in [0.05, 0.1) is 12.6 Å². The summed E-state index contributed by atoms with van der Waals surface area (Å²) in [5.74, 6) is -0.471. The van der Waals surface area contributed by atoms with Crippen molar-refractivity contribution in [3.8, 4) is 0 Å². The number of benzene rings is 1. The standard InChI is InChI=1S/C18H24Cl2N2O3/c1-12(15-6-5-14(19)9-16(15)20)21-17(23)11-22-8-2-3-13(10-22)4-7-18(24)25/h5-6,9,12-13H,2-4,7-8,10-11H2,1H3,(H,21,23)(H,24,25). The van der Waals surface area contributed by atoms with Crippen LogP contribution >= 0.6 is 23.2 Å². The Morgan fingerprint density at radius 3 is 2.84 bits per heavy atom. The van der Waals surface area contributed by atoms with Crippen LogP contribution in [0.1, 0.15) is 44.2 Å². The molecule has 7 heteroatoms. The zero-order valence-electron chi connectivity index (χ0n) is 14.3. The molecule has 1 aliphatic rings. The maximum absolute atomic E-state index is 12.3. The van der Waals surface area contributed by atoms with Gasteiger partial charge in [-0.25, -0.2) is 0 Å². The number of carbonyl (C=O) groups excluding carboxylic acids is 1. The van der Waals surface area contributed by atoms with Crippen molar-refractivity contribution >= 4 is 35.1 Å².